The topological polar surface area (TPSA) is 70.0 Å². The summed E-state index contributed by atoms with van der Waals surface area (Å²) in [6.45, 7) is 5.00. The van der Waals surface area contributed by atoms with Crippen LogP contribution in [0, 0.1) is 25.2 Å². The van der Waals surface area contributed by atoms with Gasteiger partial charge in [-0.1, -0.05) is 18.2 Å². The molecule has 0 spiro atoms. The molecule has 86 valence electrons. The number of para-hydroxylation sites is 1. The lowest BCUT2D eigenvalue weighted by atomic mass is 10.1. The molecule has 16 heavy (non-hydrogen) atoms. The molecule has 0 saturated carbocycles. The highest BCUT2D eigenvalue weighted by Crippen LogP contribution is 2.21. The molecule has 1 rings (SSSR count). The van der Waals surface area contributed by atoms with Crippen LogP contribution in [-0.2, 0) is 10.0 Å². The molecule has 1 atom stereocenters. The van der Waals surface area contributed by atoms with Crippen molar-refractivity contribution in [3.05, 3.63) is 29.3 Å². The fourth-order valence-corrected chi connectivity index (χ4v) is 2.20. The first kappa shape index (κ1) is 12.5. The molecule has 0 bridgehead atoms. The van der Waals surface area contributed by atoms with Gasteiger partial charge in [0.2, 0.25) is 10.0 Å². The highest BCUT2D eigenvalue weighted by Gasteiger charge is 2.21. The van der Waals surface area contributed by atoms with Crippen molar-refractivity contribution in [2.24, 2.45) is 0 Å². The standard InChI is InChI=1S/C11H14N2O2S/c1-8-5-4-6-9(2)11(8)13-16(14,15)10(3)7-12/h4-6,10,13H,1-3H3. The van der Waals surface area contributed by atoms with E-state index in [9.17, 15) is 8.42 Å². The molecular formula is C11H14N2O2S. The van der Waals surface area contributed by atoms with Crippen molar-refractivity contribution < 1.29 is 8.42 Å². The Labute approximate surface area is 96.0 Å². The van der Waals surface area contributed by atoms with E-state index in [0.29, 0.717) is 5.69 Å². The predicted octanol–water partition coefficient (Wildman–Crippen LogP) is 1.96. The van der Waals surface area contributed by atoms with Crippen LogP contribution >= 0.6 is 0 Å². The molecule has 0 aliphatic heterocycles. The predicted molar refractivity (Wildman–Crippen MR) is 63.5 cm³/mol. The lowest BCUT2D eigenvalue weighted by Crippen LogP contribution is -2.24. The van der Waals surface area contributed by atoms with Crippen molar-refractivity contribution in [3.63, 3.8) is 0 Å². The summed E-state index contributed by atoms with van der Waals surface area (Å²) in [6.07, 6.45) is 0. The number of benzene rings is 1. The second-order valence-corrected chi connectivity index (χ2v) is 5.69. The lowest BCUT2D eigenvalue weighted by molar-refractivity contribution is 0.597. The van der Waals surface area contributed by atoms with E-state index < -0.39 is 15.3 Å². The van der Waals surface area contributed by atoms with E-state index in [1.54, 1.807) is 6.07 Å². The van der Waals surface area contributed by atoms with Crippen molar-refractivity contribution in [1.29, 1.82) is 5.26 Å². The maximum absolute atomic E-state index is 11.7. The molecule has 0 amide bonds. The van der Waals surface area contributed by atoms with Gasteiger partial charge in [0.15, 0.2) is 5.25 Å². The Morgan fingerprint density at radius 2 is 1.81 bits per heavy atom. The van der Waals surface area contributed by atoms with Crippen molar-refractivity contribution in [1.82, 2.24) is 0 Å². The zero-order valence-corrected chi connectivity index (χ0v) is 10.3. The second-order valence-electron chi connectivity index (χ2n) is 3.69. The van der Waals surface area contributed by atoms with Crippen molar-refractivity contribution >= 4 is 15.7 Å². The number of anilines is 1. The first-order chi connectivity index (χ1) is 7.38. The first-order valence-electron chi connectivity index (χ1n) is 4.86. The number of nitrogens with one attached hydrogen (secondary N) is 1. The Morgan fingerprint density at radius 1 is 1.31 bits per heavy atom. The minimum Gasteiger partial charge on any atom is -0.282 e. The van der Waals surface area contributed by atoms with Gasteiger partial charge in [0.25, 0.3) is 0 Å². The fraction of sp³-hybridized carbons (Fsp3) is 0.364. The van der Waals surface area contributed by atoms with E-state index in [2.05, 4.69) is 4.72 Å². The smallest absolute Gasteiger partial charge is 0.248 e. The van der Waals surface area contributed by atoms with E-state index in [4.69, 9.17) is 5.26 Å². The van der Waals surface area contributed by atoms with Gasteiger partial charge in [-0.15, -0.1) is 0 Å². The quantitative estimate of drug-likeness (QED) is 0.875. The zero-order valence-electron chi connectivity index (χ0n) is 9.48. The number of hydrogen-bond donors (Lipinski definition) is 1. The normalized spacial score (nSPS) is 12.9. The van der Waals surface area contributed by atoms with Crippen LogP contribution in [-0.4, -0.2) is 13.7 Å². The molecule has 1 N–H and O–H groups in total. The number of nitriles is 1. The monoisotopic (exact) mass is 238 g/mol. The van der Waals surface area contributed by atoms with Crippen molar-refractivity contribution in [3.8, 4) is 6.07 Å². The van der Waals surface area contributed by atoms with Gasteiger partial charge < -0.3 is 0 Å². The summed E-state index contributed by atoms with van der Waals surface area (Å²) < 4.78 is 25.9. The molecule has 1 aromatic carbocycles. The Balaban J connectivity index is 3.12. The summed E-state index contributed by atoms with van der Waals surface area (Å²) >= 11 is 0. The average Bonchev–Trinajstić information content (AvgIpc) is 2.22. The van der Waals surface area contributed by atoms with Crippen molar-refractivity contribution in [2.75, 3.05) is 4.72 Å². The van der Waals surface area contributed by atoms with Crippen LogP contribution in [0.2, 0.25) is 0 Å². The summed E-state index contributed by atoms with van der Waals surface area (Å²) in [5, 5.41) is 7.55. The Kier molecular flexibility index (Phi) is 3.55. The fourth-order valence-electron chi connectivity index (χ4n) is 1.28. The molecule has 0 heterocycles. The number of hydrogen-bond acceptors (Lipinski definition) is 3. The van der Waals surface area contributed by atoms with Gasteiger partial charge in [0.05, 0.1) is 11.8 Å². The average molecular weight is 238 g/mol. The molecular weight excluding hydrogens is 224 g/mol. The van der Waals surface area contributed by atoms with Crippen LogP contribution < -0.4 is 4.72 Å². The van der Waals surface area contributed by atoms with Crippen LogP contribution in [0.15, 0.2) is 18.2 Å². The number of rotatable bonds is 3. The molecule has 0 aliphatic carbocycles. The van der Waals surface area contributed by atoms with Crippen LogP contribution in [0.4, 0.5) is 5.69 Å². The minimum atomic E-state index is -3.62. The van der Waals surface area contributed by atoms with E-state index in [-0.39, 0.29) is 0 Å². The van der Waals surface area contributed by atoms with Gasteiger partial charge in [0, 0.05) is 0 Å². The Morgan fingerprint density at radius 3 is 2.25 bits per heavy atom. The van der Waals surface area contributed by atoms with Gasteiger partial charge in [0.1, 0.15) is 0 Å². The summed E-state index contributed by atoms with van der Waals surface area (Å²) in [4.78, 5) is 0. The highest BCUT2D eigenvalue weighted by atomic mass is 32.2. The second kappa shape index (κ2) is 4.54. The zero-order chi connectivity index (χ0) is 12.3. The molecule has 5 heteroatoms. The van der Waals surface area contributed by atoms with Gasteiger partial charge in [-0.25, -0.2) is 8.42 Å². The van der Waals surface area contributed by atoms with Crippen LogP contribution in [0.25, 0.3) is 0 Å². The molecule has 0 fully saturated rings. The van der Waals surface area contributed by atoms with Gasteiger partial charge in [-0.2, -0.15) is 5.26 Å². The summed E-state index contributed by atoms with van der Waals surface area (Å²) in [7, 11) is -3.62. The molecule has 4 nitrogen and oxygen atoms in total. The molecule has 0 aromatic heterocycles. The highest BCUT2D eigenvalue weighted by molar-refractivity contribution is 7.93. The largest absolute Gasteiger partial charge is 0.282 e. The maximum atomic E-state index is 11.7. The third kappa shape index (κ3) is 2.52. The number of aryl methyl sites for hydroxylation is 2. The van der Waals surface area contributed by atoms with Gasteiger partial charge in [-0.05, 0) is 31.9 Å². The van der Waals surface area contributed by atoms with Gasteiger partial charge in [-0.3, -0.25) is 4.72 Å². The third-order valence-electron chi connectivity index (χ3n) is 2.37. The number of sulfonamides is 1. The molecule has 1 unspecified atom stereocenters. The van der Waals surface area contributed by atoms with Crippen LogP contribution in [0.5, 0.6) is 0 Å². The molecule has 0 saturated heterocycles. The molecule has 0 aliphatic rings. The van der Waals surface area contributed by atoms with E-state index in [0.717, 1.165) is 11.1 Å². The van der Waals surface area contributed by atoms with Crippen molar-refractivity contribution in [2.45, 2.75) is 26.0 Å². The lowest BCUT2D eigenvalue weighted by Gasteiger charge is -2.13. The van der Waals surface area contributed by atoms with E-state index in [1.807, 2.05) is 32.0 Å². The number of nitrogens with zero attached hydrogens (tertiary/aromatic N) is 1. The summed E-state index contributed by atoms with van der Waals surface area (Å²) in [6, 6.07) is 7.21. The summed E-state index contributed by atoms with van der Waals surface area (Å²) in [5.74, 6) is 0. The van der Waals surface area contributed by atoms with Crippen LogP contribution in [0.1, 0.15) is 18.1 Å². The molecule has 0 radical (unpaired) electrons. The Bertz CT molecular complexity index is 509. The van der Waals surface area contributed by atoms with E-state index in [1.165, 1.54) is 6.92 Å². The SMILES string of the molecule is Cc1cccc(C)c1NS(=O)(=O)C(C)C#N. The summed E-state index contributed by atoms with van der Waals surface area (Å²) in [5.41, 5.74) is 2.24. The third-order valence-corrected chi connectivity index (χ3v) is 3.90. The van der Waals surface area contributed by atoms with Crippen LogP contribution in [0.3, 0.4) is 0 Å². The van der Waals surface area contributed by atoms with Gasteiger partial charge >= 0.3 is 0 Å². The molecule has 1 aromatic rings. The maximum Gasteiger partial charge on any atom is 0.248 e. The minimum absolute atomic E-state index is 0.560. The first-order valence-corrected chi connectivity index (χ1v) is 6.40. The Hall–Kier alpha value is -1.54. The van der Waals surface area contributed by atoms with E-state index >= 15 is 0 Å².